The number of carbonyl (C=O) groups is 1. The summed E-state index contributed by atoms with van der Waals surface area (Å²) in [5.41, 5.74) is 0.992. The van der Waals surface area contributed by atoms with Crippen LogP contribution in [0.15, 0.2) is 34.8 Å². The minimum absolute atomic E-state index is 0.151. The lowest BCUT2D eigenvalue weighted by Crippen LogP contribution is -2.40. The fraction of sp³-hybridized carbons (Fsp3) is 0.412. The van der Waals surface area contributed by atoms with Crippen molar-refractivity contribution in [3.63, 3.8) is 0 Å². The quantitative estimate of drug-likeness (QED) is 0.823. The number of amides is 1. The Bertz CT molecular complexity index is 693. The van der Waals surface area contributed by atoms with Gasteiger partial charge in [0.2, 0.25) is 5.91 Å². The first-order valence-corrected chi connectivity index (χ1v) is 8.37. The summed E-state index contributed by atoms with van der Waals surface area (Å²) < 4.78 is 1.02. The molecule has 0 atom stereocenters. The number of anilines is 1. The molecule has 1 aromatic heterocycles. The number of para-hydroxylation sites is 1. The van der Waals surface area contributed by atoms with E-state index in [9.17, 15) is 4.79 Å². The van der Waals surface area contributed by atoms with E-state index < -0.39 is 0 Å². The van der Waals surface area contributed by atoms with Crippen molar-refractivity contribution in [1.29, 1.82) is 0 Å². The molecule has 1 fully saturated rings. The van der Waals surface area contributed by atoms with E-state index in [4.69, 9.17) is 4.98 Å². The van der Waals surface area contributed by atoms with Crippen molar-refractivity contribution in [3.05, 3.63) is 34.8 Å². The molecule has 3 rings (SSSR count). The average Bonchev–Trinajstić information content (AvgIpc) is 2.54. The Hall–Kier alpha value is -1.62. The molecule has 1 aliphatic rings. The second-order valence-corrected chi connectivity index (χ2v) is 6.83. The summed E-state index contributed by atoms with van der Waals surface area (Å²) in [6.45, 7) is 1.76. The molecule has 0 spiro atoms. The number of nitrogens with zero attached hydrogens (tertiary/aromatic N) is 3. The van der Waals surface area contributed by atoms with Gasteiger partial charge < -0.3 is 9.80 Å². The van der Waals surface area contributed by atoms with E-state index in [0.717, 1.165) is 47.1 Å². The van der Waals surface area contributed by atoms with Crippen molar-refractivity contribution >= 4 is 38.6 Å². The monoisotopic (exact) mass is 361 g/mol. The average molecular weight is 362 g/mol. The molecule has 0 saturated carbocycles. The zero-order valence-corrected chi connectivity index (χ0v) is 14.5. The lowest BCUT2D eigenvalue weighted by Gasteiger charge is -2.33. The Balaban J connectivity index is 1.76. The van der Waals surface area contributed by atoms with Gasteiger partial charge in [0.05, 0.1) is 5.52 Å². The number of hydrogen-bond donors (Lipinski definition) is 0. The second-order valence-electron chi connectivity index (χ2n) is 5.97. The van der Waals surface area contributed by atoms with Crippen LogP contribution in [0.25, 0.3) is 10.9 Å². The largest absolute Gasteiger partial charge is 0.357 e. The van der Waals surface area contributed by atoms with Gasteiger partial charge in [-0.25, -0.2) is 4.98 Å². The molecule has 5 heteroatoms. The van der Waals surface area contributed by atoms with Crippen LogP contribution in [0.1, 0.15) is 12.8 Å². The number of fused-ring (bicyclic) bond motifs is 1. The van der Waals surface area contributed by atoms with Gasteiger partial charge in [0.15, 0.2) is 0 Å². The van der Waals surface area contributed by atoms with Crippen LogP contribution >= 0.6 is 15.9 Å². The van der Waals surface area contributed by atoms with Crippen molar-refractivity contribution < 1.29 is 4.79 Å². The Morgan fingerprint density at radius 2 is 1.95 bits per heavy atom. The molecule has 0 N–H and O–H groups in total. The zero-order valence-electron chi connectivity index (χ0n) is 12.9. The minimum Gasteiger partial charge on any atom is -0.357 e. The SMILES string of the molecule is CN(C)C(=O)C1CCN(c2ccc3cccc(Br)c3n2)CC1. The normalized spacial score (nSPS) is 16.0. The van der Waals surface area contributed by atoms with E-state index in [1.165, 1.54) is 0 Å². The van der Waals surface area contributed by atoms with Gasteiger partial charge in [-0.3, -0.25) is 4.79 Å². The maximum Gasteiger partial charge on any atom is 0.225 e. The lowest BCUT2D eigenvalue weighted by molar-refractivity contribution is -0.133. The van der Waals surface area contributed by atoms with Crippen LogP contribution in [0.3, 0.4) is 0 Å². The molecule has 2 aromatic rings. The summed E-state index contributed by atoms with van der Waals surface area (Å²) in [6.07, 6.45) is 1.79. The van der Waals surface area contributed by atoms with Crippen molar-refractivity contribution in [3.8, 4) is 0 Å². The first kappa shape index (κ1) is 15.3. The fourth-order valence-corrected chi connectivity index (χ4v) is 3.47. The van der Waals surface area contributed by atoms with Gasteiger partial charge in [-0.15, -0.1) is 0 Å². The first-order chi connectivity index (χ1) is 10.6. The van der Waals surface area contributed by atoms with E-state index in [1.54, 1.807) is 4.90 Å². The van der Waals surface area contributed by atoms with Gasteiger partial charge in [0.1, 0.15) is 5.82 Å². The molecule has 1 saturated heterocycles. The maximum atomic E-state index is 12.0. The summed E-state index contributed by atoms with van der Waals surface area (Å²) >= 11 is 3.57. The predicted molar refractivity (Wildman–Crippen MR) is 93.1 cm³/mol. The Kier molecular flexibility index (Phi) is 4.34. The van der Waals surface area contributed by atoms with E-state index in [2.05, 4.69) is 39.0 Å². The summed E-state index contributed by atoms with van der Waals surface area (Å²) in [6, 6.07) is 10.3. The van der Waals surface area contributed by atoms with E-state index in [-0.39, 0.29) is 11.8 Å². The fourth-order valence-electron chi connectivity index (χ4n) is 3.00. The molecule has 0 unspecified atom stereocenters. The molecule has 1 amide bonds. The third-order valence-electron chi connectivity index (χ3n) is 4.27. The molecule has 4 nitrogen and oxygen atoms in total. The highest BCUT2D eigenvalue weighted by Crippen LogP contribution is 2.27. The van der Waals surface area contributed by atoms with Gasteiger partial charge in [-0.2, -0.15) is 0 Å². The number of benzene rings is 1. The van der Waals surface area contributed by atoms with Gasteiger partial charge in [0, 0.05) is 43.0 Å². The molecule has 22 heavy (non-hydrogen) atoms. The molecule has 0 radical (unpaired) electrons. The van der Waals surface area contributed by atoms with Gasteiger partial charge in [-0.1, -0.05) is 12.1 Å². The van der Waals surface area contributed by atoms with E-state index >= 15 is 0 Å². The molecule has 1 aromatic carbocycles. The molecular weight excluding hydrogens is 342 g/mol. The van der Waals surface area contributed by atoms with E-state index in [0.29, 0.717) is 0 Å². The Morgan fingerprint density at radius 3 is 2.64 bits per heavy atom. The van der Waals surface area contributed by atoms with Crippen LogP contribution in [-0.4, -0.2) is 43.0 Å². The highest BCUT2D eigenvalue weighted by atomic mass is 79.9. The number of rotatable bonds is 2. The number of carbonyl (C=O) groups excluding carboxylic acids is 1. The van der Waals surface area contributed by atoms with Gasteiger partial charge in [0.25, 0.3) is 0 Å². The molecule has 1 aliphatic heterocycles. The predicted octanol–water partition coefficient (Wildman–Crippen LogP) is 3.30. The summed E-state index contributed by atoms with van der Waals surface area (Å²) in [7, 11) is 3.66. The van der Waals surface area contributed by atoms with Crippen molar-refractivity contribution in [1.82, 2.24) is 9.88 Å². The smallest absolute Gasteiger partial charge is 0.225 e. The number of pyridine rings is 1. The topological polar surface area (TPSA) is 36.4 Å². The standard InChI is InChI=1S/C17H20BrN3O/c1-20(2)17(22)13-8-10-21(11-9-13)15-7-6-12-4-3-5-14(18)16(12)19-15/h3-7,13H,8-11H2,1-2H3. The van der Waals surface area contributed by atoms with Crippen LogP contribution in [0.4, 0.5) is 5.82 Å². The molecule has 0 bridgehead atoms. The first-order valence-electron chi connectivity index (χ1n) is 7.57. The summed E-state index contributed by atoms with van der Waals surface area (Å²) in [5, 5.41) is 1.13. The van der Waals surface area contributed by atoms with Crippen molar-refractivity contribution in [2.75, 3.05) is 32.1 Å². The van der Waals surface area contributed by atoms with Gasteiger partial charge in [-0.05, 0) is 47.0 Å². The van der Waals surface area contributed by atoms with Crippen LogP contribution in [-0.2, 0) is 4.79 Å². The zero-order chi connectivity index (χ0) is 15.7. The molecule has 2 heterocycles. The minimum atomic E-state index is 0.151. The highest BCUT2D eigenvalue weighted by Gasteiger charge is 2.26. The lowest BCUT2D eigenvalue weighted by atomic mass is 9.95. The summed E-state index contributed by atoms with van der Waals surface area (Å²) in [5.74, 6) is 1.39. The van der Waals surface area contributed by atoms with E-state index in [1.807, 2.05) is 26.2 Å². The molecule has 0 aliphatic carbocycles. The Labute approximate surface area is 139 Å². The number of hydrogen-bond acceptors (Lipinski definition) is 3. The Morgan fingerprint density at radius 1 is 1.23 bits per heavy atom. The maximum absolute atomic E-state index is 12.0. The highest BCUT2D eigenvalue weighted by molar-refractivity contribution is 9.10. The van der Waals surface area contributed by atoms with Crippen LogP contribution in [0.5, 0.6) is 0 Å². The molecule has 116 valence electrons. The third-order valence-corrected chi connectivity index (χ3v) is 4.91. The number of halogens is 1. The van der Waals surface area contributed by atoms with Gasteiger partial charge >= 0.3 is 0 Å². The van der Waals surface area contributed by atoms with Crippen LogP contribution < -0.4 is 4.90 Å². The number of aromatic nitrogens is 1. The van der Waals surface area contributed by atoms with Crippen LogP contribution in [0, 0.1) is 5.92 Å². The van der Waals surface area contributed by atoms with Crippen LogP contribution in [0.2, 0.25) is 0 Å². The molecular formula is C17H20BrN3O. The van der Waals surface area contributed by atoms with Crippen molar-refractivity contribution in [2.45, 2.75) is 12.8 Å². The third kappa shape index (κ3) is 2.95. The number of piperidine rings is 1. The summed E-state index contributed by atoms with van der Waals surface area (Å²) in [4.78, 5) is 20.8. The van der Waals surface area contributed by atoms with Crippen molar-refractivity contribution in [2.24, 2.45) is 5.92 Å². The second kappa shape index (κ2) is 6.24.